The second-order valence-electron chi connectivity index (χ2n) is 8.10. The van der Waals surface area contributed by atoms with Crippen LogP contribution < -0.4 is 10.1 Å². The summed E-state index contributed by atoms with van der Waals surface area (Å²) in [6, 6.07) is 6.20. The predicted octanol–water partition coefficient (Wildman–Crippen LogP) is 1.84. The van der Waals surface area contributed by atoms with E-state index in [1.807, 2.05) is 24.1 Å². The number of likely N-dealkylation sites (N-methyl/N-ethyl adjacent to an activating group) is 1. The summed E-state index contributed by atoms with van der Waals surface area (Å²) in [6.07, 6.45) is 0. The number of carbonyl (C=O) groups excluding carboxylic acids is 1. The molecule has 1 saturated heterocycles. The van der Waals surface area contributed by atoms with E-state index in [0.29, 0.717) is 26.2 Å². The summed E-state index contributed by atoms with van der Waals surface area (Å²) in [6.45, 7) is 14.1. The molecule has 1 aliphatic rings. The van der Waals surface area contributed by atoms with Crippen LogP contribution in [0.1, 0.15) is 25.0 Å². The molecule has 0 unspecified atom stereocenters. The molecule has 152 valence electrons. The number of rotatable bonds is 9. The summed E-state index contributed by atoms with van der Waals surface area (Å²) < 4.78 is 11.2. The Balaban J connectivity index is 1.67. The van der Waals surface area contributed by atoms with E-state index in [4.69, 9.17) is 9.47 Å². The van der Waals surface area contributed by atoms with Crippen molar-refractivity contribution < 1.29 is 14.3 Å². The topological polar surface area (TPSA) is 54.0 Å². The first-order valence-corrected chi connectivity index (χ1v) is 9.75. The van der Waals surface area contributed by atoms with Crippen molar-refractivity contribution in [2.75, 3.05) is 59.6 Å². The molecule has 0 aliphatic carbocycles. The third-order valence-electron chi connectivity index (χ3n) is 4.94. The molecule has 0 radical (unpaired) electrons. The lowest BCUT2D eigenvalue weighted by Crippen LogP contribution is -2.56. The molecule has 6 heteroatoms. The van der Waals surface area contributed by atoms with Crippen LogP contribution in [0.5, 0.6) is 5.75 Å². The molecule has 0 atom stereocenters. The van der Waals surface area contributed by atoms with Crippen LogP contribution in [0, 0.1) is 13.8 Å². The number of aryl methyl sites for hydroxylation is 2. The van der Waals surface area contributed by atoms with Crippen LogP contribution in [0.3, 0.4) is 0 Å². The third kappa shape index (κ3) is 7.48. The van der Waals surface area contributed by atoms with Gasteiger partial charge >= 0.3 is 0 Å². The highest BCUT2D eigenvalue weighted by Gasteiger charge is 2.28. The maximum absolute atomic E-state index is 12.3. The number of hydrogen-bond acceptors (Lipinski definition) is 5. The zero-order chi connectivity index (χ0) is 19.9. The van der Waals surface area contributed by atoms with Crippen LogP contribution in [-0.4, -0.2) is 80.8 Å². The smallest absolute Gasteiger partial charge is 0.234 e. The number of nitrogens with one attached hydrogen (secondary N) is 1. The average Bonchev–Trinajstić information content (AvgIpc) is 2.60. The summed E-state index contributed by atoms with van der Waals surface area (Å²) in [7, 11) is 1.94. The molecule has 1 heterocycles. The van der Waals surface area contributed by atoms with Gasteiger partial charge in [0.15, 0.2) is 0 Å². The molecule has 27 heavy (non-hydrogen) atoms. The van der Waals surface area contributed by atoms with E-state index < -0.39 is 0 Å². The number of benzene rings is 1. The van der Waals surface area contributed by atoms with E-state index in [1.54, 1.807) is 0 Å². The standard InChI is InChI=1S/C21H35N3O3/c1-17-12-18(2)14-19(13-17)27-11-6-23(5)15-20(25)22-16-21(3,4)24-7-9-26-10-8-24/h12-14H,6-11,15-16H2,1-5H3,(H,22,25). The van der Waals surface area contributed by atoms with Gasteiger partial charge in [0.1, 0.15) is 12.4 Å². The lowest BCUT2D eigenvalue weighted by atomic mass is 10.0. The maximum Gasteiger partial charge on any atom is 0.234 e. The Bertz CT molecular complexity index is 592. The van der Waals surface area contributed by atoms with Gasteiger partial charge < -0.3 is 14.8 Å². The summed E-state index contributed by atoms with van der Waals surface area (Å²) in [4.78, 5) is 16.6. The first kappa shape index (κ1) is 21.7. The van der Waals surface area contributed by atoms with Gasteiger partial charge in [-0.2, -0.15) is 0 Å². The highest BCUT2D eigenvalue weighted by Crippen LogP contribution is 2.16. The van der Waals surface area contributed by atoms with Gasteiger partial charge in [-0.25, -0.2) is 0 Å². The van der Waals surface area contributed by atoms with E-state index in [-0.39, 0.29) is 11.4 Å². The molecule has 0 bridgehead atoms. The number of amides is 1. The minimum Gasteiger partial charge on any atom is -0.492 e. The maximum atomic E-state index is 12.3. The molecule has 0 spiro atoms. The Kier molecular flexibility index (Phi) is 8.07. The fraction of sp³-hybridized carbons (Fsp3) is 0.667. The second-order valence-corrected chi connectivity index (χ2v) is 8.10. The number of hydrogen-bond donors (Lipinski definition) is 1. The summed E-state index contributed by atoms with van der Waals surface area (Å²) in [5.41, 5.74) is 2.32. The van der Waals surface area contributed by atoms with Gasteiger partial charge in [-0.1, -0.05) is 6.07 Å². The van der Waals surface area contributed by atoms with Crippen molar-refractivity contribution in [3.63, 3.8) is 0 Å². The van der Waals surface area contributed by atoms with Gasteiger partial charge in [0.05, 0.1) is 19.8 Å². The SMILES string of the molecule is Cc1cc(C)cc(OCCN(C)CC(=O)NCC(C)(C)N2CCOCC2)c1. The molecule has 2 rings (SSSR count). The van der Waals surface area contributed by atoms with Crippen LogP contribution in [0.4, 0.5) is 0 Å². The second kappa shape index (κ2) is 10.1. The molecular formula is C21H35N3O3. The monoisotopic (exact) mass is 377 g/mol. The van der Waals surface area contributed by atoms with Crippen LogP contribution in [0.15, 0.2) is 18.2 Å². The number of morpholine rings is 1. The largest absolute Gasteiger partial charge is 0.492 e. The Morgan fingerprint density at radius 2 is 1.85 bits per heavy atom. The molecule has 6 nitrogen and oxygen atoms in total. The van der Waals surface area contributed by atoms with Crippen molar-refractivity contribution in [2.45, 2.75) is 33.2 Å². The predicted molar refractivity (Wildman–Crippen MR) is 108 cm³/mol. The van der Waals surface area contributed by atoms with E-state index >= 15 is 0 Å². The average molecular weight is 378 g/mol. The van der Waals surface area contributed by atoms with Crippen LogP contribution in [0.2, 0.25) is 0 Å². The third-order valence-corrected chi connectivity index (χ3v) is 4.94. The van der Waals surface area contributed by atoms with E-state index in [0.717, 1.165) is 32.1 Å². The van der Waals surface area contributed by atoms with E-state index in [9.17, 15) is 4.79 Å². The van der Waals surface area contributed by atoms with Crippen LogP contribution >= 0.6 is 0 Å². The van der Waals surface area contributed by atoms with Gasteiger partial charge in [-0.3, -0.25) is 14.6 Å². The number of nitrogens with zero attached hydrogens (tertiary/aromatic N) is 2. The first-order valence-electron chi connectivity index (χ1n) is 9.75. The van der Waals surface area contributed by atoms with E-state index in [2.05, 4.69) is 44.0 Å². The van der Waals surface area contributed by atoms with Crippen molar-refractivity contribution in [1.29, 1.82) is 0 Å². The summed E-state index contributed by atoms with van der Waals surface area (Å²) in [5.74, 6) is 0.933. The Labute approximate surface area is 163 Å². The quantitative estimate of drug-likeness (QED) is 0.712. The van der Waals surface area contributed by atoms with Gasteiger partial charge in [0.25, 0.3) is 0 Å². The fourth-order valence-electron chi connectivity index (χ4n) is 3.31. The Morgan fingerprint density at radius 1 is 1.22 bits per heavy atom. The van der Waals surface area contributed by atoms with Gasteiger partial charge in [0, 0.05) is 31.7 Å². The molecule has 1 N–H and O–H groups in total. The van der Waals surface area contributed by atoms with Crippen molar-refractivity contribution in [3.8, 4) is 5.75 Å². The van der Waals surface area contributed by atoms with E-state index in [1.165, 1.54) is 11.1 Å². The van der Waals surface area contributed by atoms with Crippen molar-refractivity contribution in [1.82, 2.24) is 15.1 Å². The Morgan fingerprint density at radius 3 is 2.48 bits per heavy atom. The zero-order valence-corrected chi connectivity index (χ0v) is 17.5. The highest BCUT2D eigenvalue weighted by atomic mass is 16.5. The van der Waals surface area contributed by atoms with Gasteiger partial charge in [0.2, 0.25) is 5.91 Å². The number of carbonyl (C=O) groups is 1. The van der Waals surface area contributed by atoms with Crippen molar-refractivity contribution >= 4 is 5.91 Å². The van der Waals surface area contributed by atoms with Crippen molar-refractivity contribution in [3.05, 3.63) is 29.3 Å². The highest BCUT2D eigenvalue weighted by molar-refractivity contribution is 5.78. The fourth-order valence-corrected chi connectivity index (χ4v) is 3.31. The van der Waals surface area contributed by atoms with Crippen molar-refractivity contribution in [2.24, 2.45) is 0 Å². The lowest BCUT2D eigenvalue weighted by molar-refractivity contribution is -0.122. The zero-order valence-electron chi connectivity index (χ0n) is 17.5. The molecular weight excluding hydrogens is 342 g/mol. The molecule has 1 fully saturated rings. The van der Waals surface area contributed by atoms with Gasteiger partial charge in [-0.15, -0.1) is 0 Å². The first-order chi connectivity index (χ1) is 12.8. The summed E-state index contributed by atoms with van der Waals surface area (Å²) >= 11 is 0. The molecule has 1 aliphatic heterocycles. The summed E-state index contributed by atoms with van der Waals surface area (Å²) in [5, 5.41) is 3.07. The minimum absolute atomic E-state index is 0.0465. The Hall–Kier alpha value is -1.63. The number of ether oxygens (including phenoxy) is 2. The lowest BCUT2D eigenvalue weighted by Gasteiger charge is -2.40. The molecule has 1 aromatic carbocycles. The van der Waals surface area contributed by atoms with Crippen LogP contribution in [0.25, 0.3) is 0 Å². The molecule has 0 aromatic heterocycles. The van der Waals surface area contributed by atoms with Crippen LogP contribution in [-0.2, 0) is 9.53 Å². The minimum atomic E-state index is -0.0653. The molecule has 1 aromatic rings. The normalized spacial score (nSPS) is 15.8. The molecule has 0 saturated carbocycles. The van der Waals surface area contributed by atoms with Gasteiger partial charge in [-0.05, 0) is 58.0 Å². The molecule has 1 amide bonds.